The smallest absolute Gasteiger partial charge is 0.305 e. The lowest BCUT2D eigenvalue weighted by Gasteiger charge is -2.61. The Morgan fingerprint density at radius 3 is 1.84 bits per heavy atom. The van der Waals surface area contributed by atoms with Crippen LogP contribution in [-0.2, 0) is 9.53 Å². The molecule has 49 heavy (non-hydrogen) atoms. The molecule has 0 aromatic carbocycles. The van der Waals surface area contributed by atoms with Crippen molar-refractivity contribution in [3.63, 3.8) is 0 Å². The van der Waals surface area contributed by atoms with Crippen molar-refractivity contribution < 1.29 is 9.53 Å². The van der Waals surface area contributed by atoms with E-state index < -0.39 is 0 Å². The van der Waals surface area contributed by atoms with Crippen LogP contribution < -0.4 is 0 Å². The minimum absolute atomic E-state index is 0.0396. The molecule has 0 radical (unpaired) electrons. The average molecular weight is 683 g/mol. The van der Waals surface area contributed by atoms with Crippen LogP contribution in [0, 0.1) is 52.3 Å². The molecule has 4 fully saturated rings. The Morgan fingerprint density at radius 2 is 1.20 bits per heavy atom. The molecular weight excluding hydrogens is 597 g/mol. The van der Waals surface area contributed by atoms with E-state index in [1.165, 1.54) is 180 Å². The number of ether oxygens (including phenoxy) is 1. The molecule has 4 rings (SSSR count). The standard InChI is InChI=1S/C47H86O2/c1-6-7-8-9-10-11-12-13-14-15-16-17-18-19-20-21-22-29-45(48)49-37-38(2)26-25-27-39(3)42-32-33-43-41-31-30-40-28-23-24-35-46(40,4)44(41)34-36-47(42,43)5/h38-44H,6-37H2,1-5H3/t38?,39-,40?,41+,42-,43+,44+,46+,47-/m1/s1. The van der Waals surface area contributed by atoms with Crippen molar-refractivity contribution in [1.29, 1.82) is 0 Å². The summed E-state index contributed by atoms with van der Waals surface area (Å²) in [6.45, 7) is 13.3. The van der Waals surface area contributed by atoms with Gasteiger partial charge in [-0.05, 0) is 116 Å². The van der Waals surface area contributed by atoms with Crippen LogP contribution in [0.15, 0.2) is 0 Å². The van der Waals surface area contributed by atoms with Crippen molar-refractivity contribution in [2.24, 2.45) is 52.3 Å². The van der Waals surface area contributed by atoms with Gasteiger partial charge in [0.2, 0.25) is 0 Å². The lowest BCUT2D eigenvalue weighted by Crippen LogP contribution is -2.53. The lowest BCUT2D eigenvalue weighted by molar-refractivity contribution is -0.145. The molecule has 2 nitrogen and oxygen atoms in total. The van der Waals surface area contributed by atoms with Crippen LogP contribution >= 0.6 is 0 Å². The van der Waals surface area contributed by atoms with E-state index in [9.17, 15) is 4.79 Å². The number of carbonyl (C=O) groups excluding carboxylic acids is 1. The van der Waals surface area contributed by atoms with Crippen molar-refractivity contribution >= 4 is 5.97 Å². The van der Waals surface area contributed by atoms with Gasteiger partial charge >= 0.3 is 5.97 Å². The van der Waals surface area contributed by atoms with Crippen LogP contribution in [0.2, 0.25) is 0 Å². The van der Waals surface area contributed by atoms with Gasteiger partial charge < -0.3 is 4.74 Å². The summed E-state index contributed by atoms with van der Waals surface area (Å²) >= 11 is 0. The Balaban J connectivity index is 0.970. The summed E-state index contributed by atoms with van der Waals surface area (Å²) in [5.74, 6) is 6.36. The molecule has 9 atom stereocenters. The third-order valence-corrected chi connectivity index (χ3v) is 15.7. The number of fused-ring (bicyclic) bond motifs is 5. The number of hydrogen-bond donors (Lipinski definition) is 0. The third-order valence-electron chi connectivity index (χ3n) is 15.7. The van der Waals surface area contributed by atoms with Crippen molar-refractivity contribution in [2.75, 3.05) is 6.61 Å². The number of rotatable bonds is 25. The first kappa shape index (κ1) is 41.2. The van der Waals surface area contributed by atoms with Gasteiger partial charge in [-0.15, -0.1) is 0 Å². The predicted molar refractivity (Wildman–Crippen MR) is 212 cm³/mol. The van der Waals surface area contributed by atoms with Gasteiger partial charge in [0, 0.05) is 6.42 Å². The summed E-state index contributed by atoms with van der Waals surface area (Å²) in [4.78, 5) is 12.4. The van der Waals surface area contributed by atoms with Crippen LogP contribution in [0.3, 0.4) is 0 Å². The van der Waals surface area contributed by atoms with Gasteiger partial charge in [-0.3, -0.25) is 4.79 Å². The largest absolute Gasteiger partial charge is 0.465 e. The molecule has 4 aliphatic carbocycles. The topological polar surface area (TPSA) is 26.3 Å². The maximum absolute atomic E-state index is 12.4. The first-order chi connectivity index (χ1) is 23.8. The lowest BCUT2D eigenvalue weighted by atomic mass is 9.44. The van der Waals surface area contributed by atoms with E-state index in [1.807, 2.05) is 0 Å². The summed E-state index contributed by atoms with van der Waals surface area (Å²) in [6.07, 6.45) is 43.0. The summed E-state index contributed by atoms with van der Waals surface area (Å²) in [5.41, 5.74) is 1.25. The maximum Gasteiger partial charge on any atom is 0.305 e. The number of carbonyl (C=O) groups is 1. The SMILES string of the molecule is CCCCCCCCCCCCCCCCCCCC(=O)OCC(C)CCC[C@@H](C)[C@H]1CC[C@H]2[C@@H]3CCC4CCCC[C@]4(C)[C@H]3CC[C@]12C. The minimum atomic E-state index is 0.0396. The zero-order chi connectivity index (χ0) is 35.0. The van der Waals surface area contributed by atoms with E-state index >= 15 is 0 Å². The second kappa shape index (κ2) is 21.9. The molecule has 2 heteroatoms. The monoisotopic (exact) mass is 683 g/mol. The molecule has 286 valence electrons. The highest BCUT2D eigenvalue weighted by Gasteiger charge is 2.60. The van der Waals surface area contributed by atoms with Crippen molar-refractivity contribution in [2.45, 2.75) is 234 Å². The number of esters is 1. The molecule has 0 aliphatic heterocycles. The van der Waals surface area contributed by atoms with Crippen molar-refractivity contribution in [3.8, 4) is 0 Å². The van der Waals surface area contributed by atoms with Gasteiger partial charge in [0.25, 0.3) is 0 Å². The molecule has 0 heterocycles. The fourth-order valence-electron chi connectivity index (χ4n) is 12.6. The Hall–Kier alpha value is -0.530. The minimum Gasteiger partial charge on any atom is -0.465 e. The van der Waals surface area contributed by atoms with E-state index in [0.29, 0.717) is 29.8 Å². The highest BCUT2D eigenvalue weighted by Crippen LogP contribution is 2.68. The van der Waals surface area contributed by atoms with Gasteiger partial charge in [-0.2, -0.15) is 0 Å². The summed E-state index contributed by atoms with van der Waals surface area (Å²) in [7, 11) is 0. The van der Waals surface area contributed by atoms with Gasteiger partial charge in [-0.25, -0.2) is 0 Å². The van der Waals surface area contributed by atoms with E-state index in [1.54, 1.807) is 6.42 Å². The molecule has 0 aromatic rings. The Labute approximate surface area is 307 Å². The van der Waals surface area contributed by atoms with Crippen LogP contribution in [0.25, 0.3) is 0 Å². The molecule has 0 saturated heterocycles. The number of unbranched alkanes of at least 4 members (excludes halogenated alkanes) is 16. The molecule has 0 N–H and O–H groups in total. The third kappa shape index (κ3) is 12.3. The summed E-state index contributed by atoms with van der Waals surface area (Å²) < 4.78 is 5.73. The highest BCUT2D eigenvalue weighted by molar-refractivity contribution is 5.69. The van der Waals surface area contributed by atoms with Gasteiger partial charge in [0.05, 0.1) is 6.61 Å². The van der Waals surface area contributed by atoms with E-state index in [0.717, 1.165) is 41.9 Å². The van der Waals surface area contributed by atoms with E-state index in [4.69, 9.17) is 4.74 Å². The van der Waals surface area contributed by atoms with Crippen LogP contribution in [0.1, 0.15) is 234 Å². The normalized spacial score (nSPS) is 32.2. The van der Waals surface area contributed by atoms with Gasteiger partial charge in [0.1, 0.15) is 0 Å². The molecule has 0 aromatic heterocycles. The van der Waals surface area contributed by atoms with Crippen molar-refractivity contribution in [1.82, 2.24) is 0 Å². The quantitative estimate of drug-likeness (QED) is 0.0707. The molecule has 0 spiro atoms. The van der Waals surface area contributed by atoms with E-state index in [2.05, 4.69) is 34.6 Å². The first-order valence-corrected chi connectivity index (χ1v) is 22.9. The molecule has 4 saturated carbocycles. The predicted octanol–water partition coefficient (Wildman–Crippen LogP) is 15.1. The fourth-order valence-corrected chi connectivity index (χ4v) is 12.6. The van der Waals surface area contributed by atoms with Gasteiger partial charge in [-0.1, -0.05) is 163 Å². The molecule has 0 amide bonds. The molecule has 2 unspecified atom stereocenters. The van der Waals surface area contributed by atoms with Crippen LogP contribution in [-0.4, -0.2) is 12.6 Å². The molecular formula is C47H86O2. The number of hydrogen-bond acceptors (Lipinski definition) is 2. The first-order valence-electron chi connectivity index (χ1n) is 22.9. The zero-order valence-electron chi connectivity index (χ0n) is 34.0. The highest BCUT2D eigenvalue weighted by atomic mass is 16.5. The fraction of sp³-hybridized carbons (Fsp3) is 0.979. The van der Waals surface area contributed by atoms with Crippen molar-refractivity contribution in [3.05, 3.63) is 0 Å². The van der Waals surface area contributed by atoms with Crippen LogP contribution in [0.4, 0.5) is 0 Å². The second-order valence-electron chi connectivity index (χ2n) is 19.2. The van der Waals surface area contributed by atoms with Gasteiger partial charge in [0.15, 0.2) is 0 Å². The Morgan fingerprint density at radius 1 is 0.612 bits per heavy atom. The second-order valence-corrected chi connectivity index (χ2v) is 19.2. The summed E-state index contributed by atoms with van der Waals surface area (Å²) in [5, 5.41) is 0. The molecule has 4 aliphatic rings. The van der Waals surface area contributed by atoms with Crippen LogP contribution in [0.5, 0.6) is 0 Å². The Bertz CT molecular complexity index is 897. The van der Waals surface area contributed by atoms with E-state index in [-0.39, 0.29) is 5.97 Å². The summed E-state index contributed by atoms with van der Waals surface area (Å²) in [6, 6.07) is 0. The molecule has 0 bridgehead atoms. The maximum atomic E-state index is 12.4. The average Bonchev–Trinajstić information content (AvgIpc) is 3.45. The zero-order valence-corrected chi connectivity index (χ0v) is 34.0. The Kier molecular flexibility index (Phi) is 18.4.